The van der Waals surface area contributed by atoms with E-state index in [9.17, 15) is 0 Å². The molecule has 1 aliphatic heterocycles. The minimum absolute atomic E-state index is 0.234. The first-order valence-corrected chi connectivity index (χ1v) is 4.53. The zero-order chi connectivity index (χ0) is 7.68. The molecule has 58 valence electrons. The van der Waals surface area contributed by atoms with Gasteiger partial charge in [-0.15, -0.1) is 11.8 Å². The van der Waals surface area contributed by atoms with Gasteiger partial charge < -0.3 is 4.57 Å². The maximum absolute atomic E-state index is 4.43. The Morgan fingerprint density at radius 3 is 3.18 bits per heavy atom. The van der Waals surface area contributed by atoms with E-state index in [1.54, 1.807) is 12.5 Å². The molecule has 2 rings (SSSR count). The van der Waals surface area contributed by atoms with E-state index < -0.39 is 0 Å². The Hall–Kier alpha value is -0.770. The predicted molar refractivity (Wildman–Crippen MR) is 46.8 cm³/mol. The van der Waals surface area contributed by atoms with E-state index in [1.807, 2.05) is 22.5 Å². The molecule has 2 heterocycles. The lowest BCUT2D eigenvalue weighted by molar-refractivity contribution is 0.718. The fraction of sp³-hybridized carbons (Fsp3) is 0.429. The zero-order valence-electron chi connectivity index (χ0n) is 6.27. The Morgan fingerprint density at radius 2 is 2.64 bits per heavy atom. The molecule has 3 nitrogen and oxygen atoms in total. The fourth-order valence-electron chi connectivity index (χ4n) is 1.01. The third kappa shape index (κ3) is 1.30. The highest BCUT2D eigenvalue weighted by molar-refractivity contribution is 8.00. The molecule has 0 spiro atoms. The summed E-state index contributed by atoms with van der Waals surface area (Å²) in [5, 5.41) is 0. The average molecular weight is 167 g/mol. The maximum atomic E-state index is 4.43. The van der Waals surface area contributed by atoms with Crippen molar-refractivity contribution in [3.05, 3.63) is 18.7 Å². The molecule has 0 aliphatic carbocycles. The number of thioether (sulfide) groups is 1. The Bertz CT molecular complexity index is 265. The van der Waals surface area contributed by atoms with Crippen molar-refractivity contribution in [2.45, 2.75) is 12.4 Å². The minimum atomic E-state index is 0.234. The summed E-state index contributed by atoms with van der Waals surface area (Å²) in [7, 11) is 0. The van der Waals surface area contributed by atoms with Gasteiger partial charge in [0.2, 0.25) is 0 Å². The van der Waals surface area contributed by atoms with Gasteiger partial charge in [-0.3, -0.25) is 4.99 Å². The lowest BCUT2D eigenvalue weighted by Crippen LogP contribution is -1.95. The topological polar surface area (TPSA) is 30.2 Å². The molecule has 11 heavy (non-hydrogen) atoms. The highest BCUT2D eigenvalue weighted by atomic mass is 32.2. The van der Waals surface area contributed by atoms with Crippen LogP contribution in [0.5, 0.6) is 0 Å². The third-order valence-electron chi connectivity index (χ3n) is 1.55. The SMILES string of the molecule is CC1=NC(n2ccnc2)SC1. The van der Waals surface area contributed by atoms with Gasteiger partial charge in [0.1, 0.15) is 0 Å². The van der Waals surface area contributed by atoms with E-state index in [-0.39, 0.29) is 5.50 Å². The molecule has 0 bridgehead atoms. The molecular weight excluding hydrogens is 158 g/mol. The number of imidazole rings is 1. The second-order valence-corrected chi connectivity index (χ2v) is 3.56. The van der Waals surface area contributed by atoms with E-state index >= 15 is 0 Å². The van der Waals surface area contributed by atoms with Crippen molar-refractivity contribution in [1.82, 2.24) is 9.55 Å². The normalized spacial score (nSPS) is 23.7. The summed E-state index contributed by atoms with van der Waals surface area (Å²) in [6, 6.07) is 0. The number of nitrogens with zero attached hydrogens (tertiary/aromatic N) is 3. The standard InChI is InChI=1S/C7H9N3S/c1-6-4-11-7(9-6)10-3-2-8-5-10/h2-3,5,7H,4H2,1H3. The molecule has 0 radical (unpaired) electrons. The lowest BCUT2D eigenvalue weighted by Gasteiger charge is -2.05. The van der Waals surface area contributed by atoms with E-state index in [0.717, 1.165) is 5.75 Å². The van der Waals surface area contributed by atoms with Crippen molar-refractivity contribution in [1.29, 1.82) is 0 Å². The first kappa shape index (κ1) is 6.91. The van der Waals surface area contributed by atoms with Gasteiger partial charge in [0.05, 0.1) is 6.33 Å². The summed E-state index contributed by atoms with van der Waals surface area (Å²) in [5.74, 6) is 1.04. The summed E-state index contributed by atoms with van der Waals surface area (Å²) in [6.07, 6.45) is 5.53. The summed E-state index contributed by atoms with van der Waals surface area (Å²) < 4.78 is 2.02. The van der Waals surface area contributed by atoms with Crippen LogP contribution in [0.4, 0.5) is 0 Å². The largest absolute Gasteiger partial charge is 0.306 e. The Balaban J connectivity index is 2.20. The van der Waals surface area contributed by atoms with Crippen LogP contribution in [0.2, 0.25) is 0 Å². The highest BCUT2D eigenvalue weighted by Crippen LogP contribution is 2.29. The third-order valence-corrected chi connectivity index (χ3v) is 2.78. The van der Waals surface area contributed by atoms with Crippen LogP contribution in [0.1, 0.15) is 12.4 Å². The monoisotopic (exact) mass is 167 g/mol. The Kier molecular flexibility index (Phi) is 1.69. The lowest BCUT2D eigenvalue weighted by atomic mass is 10.5. The molecule has 1 unspecified atom stereocenters. The van der Waals surface area contributed by atoms with Crippen LogP contribution in [-0.4, -0.2) is 21.0 Å². The zero-order valence-corrected chi connectivity index (χ0v) is 7.08. The number of aromatic nitrogens is 2. The number of hydrogen-bond donors (Lipinski definition) is 0. The molecule has 0 aromatic carbocycles. The van der Waals surface area contributed by atoms with Crippen LogP contribution >= 0.6 is 11.8 Å². The van der Waals surface area contributed by atoms with Crippen LogP contribution < -0.4 is 0 Å². The maximum Gasteiger partial charge on any atom is 0.173 e. The molecule has 0 amide bonds. The molecular formula is C7H9N3S. The van der Waals surface area contributed by atoms with Gasteiger partial charge in [-0.25, -0.2) is 4.98 Å². The first-order chi connectivity index (χ1) is 5.36. The van der Waals surface area contributed by atoms with Crippen molar-refractivity contribution in [3.63, 3.8) is 0 Å². The number of rotatable bonds is 1. The van der Waals surface area contributed by atoms with Crippen molar-refractivity contribution < 1.29 is 0 Å². The van der Waals surface area contributed by atoms with Crippen LogP contribution in [0, 0.1) is 0 Å². The van der Waals surface area contributed by atoms with Crippen molar-refractivity contribution in [2.24, 2.45) is 4.99 Å². The van der Waals surface area contributed by atoms with Gasteiger partial charge in [-0.2, -0.15) is 0 Å². The van der Waals surface area contributed by atoms with Gasteiger partial charge in [-0.1, -0.05) is 0 Å². The molecule has 4 heteroatoms. The molecule has 0 N–H and O–H groups in total. The second-order valence-electron chi connectivity index (χ2n) is 2.51. The second kappa shape index (κ2) is 2.70. The molecule has 0 saturated carbocycles. The Labute approximate surface area is 69.5 Å². The molecule has 0 saturated heterocycles. The summed E-state index contributed by atoms with van der Waals surface area (Å²) in [4.78, 5) is 8.41. The molecule has 1 aliphatic rings. The van der Waals surface area contributed by atoms with E-state index in [2.05, 4.69) is 16.9 Å². The van der Waals surface area contributed by atoms with Gasteiger partial charge in [-0.05, 0) is 6.92 Å². The minimum Gasteiger partial charge on any atom is -0.306 e. The van der Waals surface area contributed by atoms with Gasteiger partial charge in [0.15, 0.2) is 5.50 Å². The van der Waals surface area contributed by atoms with Crippen LogP contribution in [0.3, 0.4) is 0 Å². The van der Waals surface area contributed by atoms with E-state index in [4.69, 9.17) is 0 Å². The van der Waals surface area contributed by atoms with Gasteiger partial charge in [0, 0.05) is 23.9 Å². The van der Waals surface area contributed by atoms with Crippen molar-refractivity contribution in [3.8, 4) is 0 Å². The smallest absolute Gasteiger partial charge is 0.173 e. The van der Waals surface area contributed by atoms with Crippen molar-refractivity contribution in [2.75, 3.05) is 5.75 Å². The van der Waals surface area contributed by atoms with Gasteiger partial charge >= 0.3 is 0 Å². The molecule has 1 aromatic rings. The van der Waals surface area contributed by atoms with E-state index in [0.29, 0.717) is 0 Å². The first-order valence-electron chi connectivity index (χ1n) is 3.48. The number of hydrogen-bond acceptors (Lipinski definition) is 3. The molecule has 1 atom stereocenters. The average Bonchev–Trinajstić information content (AvgIpc) is 2.55. The van der Waals surface area contributed by atoms with Crippen molar-refractivity contribution >= 4 is 17.5 Å². The summed E-state index contributed by atoms with van der Waals surface area (Å²) in [5.41, 5.74) is 1.45. The quantitative estimate of drug-likeness (QED) is 0.635. The summed E-state index contributed by atoms with van der Waals surface area (Å²) >= 11 is 1.83. The van der Waals surface area contributed by atoms with Crippen LogP contribution in [0.25, 0.3) is 0 Å². The highest BCUT2D eigenvalue weighted by Gasteiger charge is 2.15. The van der Waals surface area contributed by atoms with E-state index in [1.165, 1.54) is 5.71 Å². The predicted octanol–water partition coefficient (Wildman–Crippen LogP) is 1.55. The Morgan fingerprint density at radius 1 is 1.73 bits per heavy atom. The number of aliphatic imine (C=N–C) groups is 1. The van der Waals surface area contributed by atoms with Crippen LogP contribution in [0.15, 0.2) is 23.7 Å². The fourth-order valence-corrected chi connectivity index (χ4v) is 2.03. The van der Waals surface area contributed by atoms with Gasteiger partial charge in [0.25, 0.3) is 0 Å². The molecule has 1 aromatic heterocycles. The van der Waals surface area contributed by atoms with Crippen LogP contribution in [-0.2, 0) is 0 Å². The summed E-state index contributed by atoms with van der Waals surface area (Å²) in [6.45, 7) is 2.06. The molecule has 0 fully saturated rings.